The highest BCUT2D eigenvalue weighted by Crippen LogP contribution is 2.38. The number of carbonyl (C=O) groups is 2. The number of fused-ring (bicyclic) bond motifs is 1. The average Bonchev–Trinajstić information content (AvgIpc) is 2.90. The summed E-state index contributed by atoms with van der Waals surface area (Å²) in [7, 11) is -0.663. The van der Waals surface area contributed by atoms with Crippen LogP contribution >= 0.6 is 0 Å². The zero-order valence-electron chi connectivity index (χ0n) is 14.2. The highest BCUT2D eigenvalue weighted by Gasteiger charge is 2.52. The van der Waals surface area contributed by atoms with Gasteiger partial charge in [-0.15, -0.1) is 0 Å². The molecule has 0 bridgehead atoms. The van der Waals surface area contributed by atoms with E-state index in [2.05, 4.69) is 5.32 Å². The minimum Gasteiger partial charge on any atom is -0.400 e. The lowest BCUT2D eigenvalue weighted by Gasteiger charge is -2.32. The van der Waals surface area contributed by atoms with Gasteiger partial charge < -0.3 is 19.7 Å². The molecule has 2 aliphatic heterocycles. The van der Waals surface area contributed by atoms with Crippen LogP contribution in [0.1, 0.15) is 43.6 Å². The van der Waals surface area contributed by atoms with Gasteiger partial charge in [0, 0.05) is 0 Å². The van der Waals surface area contributed by atoms with Gasteiger partial charge in [-0.1, -0.05) is 12.1 Å². The second-order valence-electron chi connectivity index (χ2n) is 7.05. The van der Waals surface area contributed by atoms with Crippen molar-refractivity contribution in [3.8, 4) is 0 Å². The third kappa shape index (κ3) is 2.68. The van der Waals surface area contributed by atoms with E-state index in [0.717, 1.165) is 0 Å². The first-order chi connectivity index (χ1) is 11.1. The standard InChI is InChI=1S/C17H20BNO5/c1-16(2)17(3,4)24-18(23-16)11(9-20)7-10-5-6-13-12(8-10)14(21)15(22)19-13/h5-8,20H,9H2,1-4H3,(H,19,21,22). The summed E-state index contributed by atoms with van der Waals surface area (Å²) in [5, 5.41) is 12.2. The quantitative estimate of drug-likeness (QED) is 0.653. The van der Waals surface area contributed by atoms with E-state index in [1.54, 1.807) is 24.3 Å². The number of Topliss-reactive ketones (excluding diaryl/α,β-unsaturated/α-hetero) is 1. The van der Waals surface area contributed by atoms with Gasteiger partial charge in [-0.2, -0.15) is 0 Å². The van der Waals surface area contributed by atoms with Gasteiger partial charge in [0.25, 0.3) is 11.7 Å². The van der Waals surface area contributed by atoms with Crippen LogP contribution < -0.4 is 5.32 Å². The molecule has 2 aliphatic rings. The van der Waals surface area contributed by atoms with Gasteiger partial charge in [-0.3, -0.25) is 9.59 Å². The molecule has 2 N–H and O–H groups in total. The number of amides is 1. The number of aliphatic hydroxyl groups is 1. The van der Waals surface area contributed by atoms with Crippen molar-refractivity contribution in [2.75, 3.05) is 11.9 Å². The fraction of sp³-hybridized carbons (Fsp3) is 0.412. The summed E-state index contributed by atoms with van der Waals surface area (Å²) >= 11 is 0. The average molecular weight is 329 g/mol. The van der Waals surface area contributed by atoms with Gasteiger partial charge >= 0.3 is 7.12 Å². The zero-order chi connectivity index (χ0) is 17.7. The molecule has 1 aromatic rings. The molecule has 1 amide bonds. The van der Waals surface area contributed by atoms with E-state index in [1.807, 2.05) is 27.7 Å². The number of carbonyl (C=O) groups excluding carboxylic acids is 2. The lowest BCUT2D eigenvalue weighted by Crippen LogP contribution is -2.41. The van der Waals surface area contributed by atoms with E-state index in [-0.39, 0.29) is 6.61 Å². The van der Waals surface area contributed by atoms with Crippen LogP contribution in [0.2, 0.25) is 0 Å². The minimum absolute atomic E-state index is 0.237. The molecule has 0 aliphatic carbocycles. The van der Waals surface area contributed by atoms with Crippen molar-refractivity contribution in [3.05, 3.63) is 34.8 Å². The molecule has 1 fully saturated rings. The van der Waals surface area contributed by atoms with Crippen molar-refractivity contribution in [2.45, 2.75) is 38.9 Å². The van der Waals surface area contributed by atoms with Crippen LogP contribution in [-0.2, 0) is 14.1 Å². The largest absolute Gasteiger partial charge is 0.492 e. The number of ketones is 1. The molecule has 0 unspecified atom stereocenters. The molecule has 0 aromatic heterocycles. The number of rotatable bonds is 3. The monoisotopic (exact) mass is 329 g/mol. The zero-order valence-corrected chi connectivity index (χ0v) is 14.2. The van der Waals surface area contributed by atoms with Crippen molar-refractivity contribution in [1.29, 1.82) is 0 Å². The fourth-order valence-corrected chi connectivity index (χ4v) is 2.65. The van der Waals surface area contributed by atoms with E-state index in [9.17, 15) is 14.7 Å². The van der Waals surface area contributed by atoms with Gasteiger partial charge in [0.1, 0.15) is 0 Å². The van der Waals surface area contributed by atoms with Gasteiger partial charge in [0.05, 0.1) is 29.1 Å². The smallest absolute Gasteiger partial charge is 0.400 e. The van der Waals surface area contributed by atoms with E-state index in [1.165, 1.54) is 0 Å². The van der Waals surface area contributed by atoms with Crippen LogP contribution in [0, 0.1) is 0 Å². The molecule has 7 heteroatoms. The summed E-state index contributed by atoms with van der Waals surface area (Å²) in [5.74, 6) is -1.18. The number of nitrogens with one attached hydrogen (secondary N) is 1. The second-order valence-corrected chi connectivity index (χ2v) is 7.05. The maximum atomic E-state index is 11.8. The number of hydrogen-bond acceptors (Lipinski definition) is 5. The number of benzene rings is 1. The predicted octanol–water partition coefficient (Wildman–Crippen LogP) is 1.83. The SMILES string of the molecule is CC1(C)OB(C(=Cc2ccc3c(c2)C(=O)C(=O)N3)CO)OC1(C)C. The molecule has 0 spiro atoms. The van der Waals surface area contributed by atoms with Crippen LogP contribution in [0.5, 0.6) is 0 Å². The highest BCUT2D eigenvalue weighted by atomic mass is 16.7. The first kappa shape index (κ1) is 16.9. The Morgan fingerprint density at radius 2 is 1.83 bits per heavy atom. The Bertz CT molecular complexity index is 737. The van der Waals surface area contributed by atoms with Crippen LogP contribution in [0.25, 0.3) is 6.08 Å². The normalized spacial score (nSPS) is 21.9. The molecule has 126 valence electrons. The predicted molar refractivity (Wildman–Crippen MR) is 90.5 cm³/mol. The Morgan fingerprint density at radius 1 is 1.21 bits per heavy atom. The Hall–Kier alpha value is -1.96. The maximum Gasteiger partial charge on any atom is 0.492 e. The van der Waals surface area contributed by atoms with Crippen LogP contribution in [0.4, 0.5) is 5.69 Å². The van der Waals surface area contributed by atoms with Gasteiger partial charge in [0.2, 0.25) is 0 Å². The lowest BCUT2D eigenvalue weighted by molar-refractivity contribution is -0.112. The van der Waals surface area contributed by atoms with Gasteiger partial charge in [-0.05, 0) is 50.9 Å². The lowest BCUT2D eigenvalue weighted by atomic mass is 9.77. The third-order valence-corrected chi connectivity index (χ3v) is 4.83. The Morgan fingerprint density at radius 3 is 2.42 bits per heavy atom. The Labute approximate surface area is 141 Å². The highest BCUT2D eigenvalue weighted by molar-refractivity contribution is 6.56. The molecule has 1 saturated heterocycles. The summed E-state index contributed by atoms with van der Waals surface area (Å²) in [6.07, 6.45) is 1.72. The Balaban J connectivity index is 1.91. The Kier molecular flexibility index (Phi) is 3.90. The molecule has 24 heavy (non-hydrogen) atoms. The number of anilines is 1. The number of hydrogen-bond donors (Lipinski definition) is 2. The first-order valence-corrected chi connectivity index (χ1v) is 7.81. The van der Waals surface area contributed by atoms with Gasteiger partial charge in [-0.25, -0.2) is 0 Å². The molecule has 6 nitrogen and oxygen atoms in total. The van der Waals surface area contributed by atoms with E-state index >= 15 is 0 Å². The van der Waals surface area contributed by atoms with Gasteiger partial charge in [0.15, 0.2) is 0 Å². The molecule has 0 saturated carbocycles. The van der Waals surface area contributed by atoms with E-state index < -0.39 is 30.0 Å². The van der Waals surface area contributed by atoms with Crippen molar-refractivity contribution in [3.63, 3.8) is 0 Å². The second kappa shape index (κ2) is 5.55. The maximum absolute atomic E-state index is 11.8. The summed E-state index contributed by atoms with van der Waals surface area (Å²) in [6, 6.07) is 5.05. The topological polar surface area (TPSA) is 84.9 Å². The van der Waals surface area contributed by atoms with E-state index in [4.69, 9.17) is 9.31 Å². The summed E-state index contributed by atoms with van der Waals surface area (Å²) in [5.41, 5.74) is 1.07. The van der Waals surface area contributed by atoms with Crippen LogP contribution in [-0.4, -0.2) is 41.7 Å². The minimum atomic E-state index is -0.663. The first-order valence-electron chi connectivity index (χ1n) is 7.81. The van der Waals surface area contributed by atoms with Crippen molar-refractivity contribution in [2.24, 2.45) is 0 Å². The summed E-state index contributed by atoms with van der Waals surface area (Å²) < 4.78 is 11.9. The molecular weight excluding hydrogens is 309 g/mol. The molecule has 1 aromatic carbocycles. The number of aliphatic hydroxyl groups excluding tert-OH is 1. The molecule has 0 atom stereocenters. The third-order valence-electron chi connectivity index (χ3n) is 4.83. The van der Waals surface area contributed by atoms with Crippen LogP contribution in [0.3, 0.4) is 0 Å². The summed E-state index contributed by atoms with van der Waals surface area (Å²) in [6.45, 7) is 7.51. The van der Waals surface area contributed by atoms with Crippen LogP contribution in [0.15, 0.2) is 23.7 Å². The molecular formula is C17H20BNO5. The molecule has 0 radical (unpaired) electrons. The molecule has 3 rings (SSSR count). The fourth-order valence-electron chi connectivity index (χ4n) is 2.65. The van der Waals surface area contributed by atoms with Crippen molar-refractivity contribution < 1.29 is 24.0 Å². The van der Waals surface area contributed by atoms with E-state index in [0.29, 0.717) is 22.3 Å². The summed E-state index contributed by atoms with van der Waals surface area (Å²) in [4.78, 5) is 23.2. The molecule has 2 heterocycles. The van der Waals surface area contributed by atoms with Crippen molar-refractivity contribution in [1.82, 2.24) is 0 Å². The van der Waals surface area contributed by atoms with Crippen molar-refractivity contribution >= 4 is 30.6 Å².